The number of nitrogens with zero attached hydrogens (tertiary/aromatic N) is 2. The summed E-state index contributed by atoms with van der Waals surface area (Å²) >= 11 is 12.5. The van der Waals surface area contributed by atoms with Crippen molar-refractivity contribution in [1.82, 2.24) is 9.80 Å². The van der Waals surface area contributed by atoms with Gasteiger partial charge < -0.3 is 0 Å². The molecule has 2 aliphatic rings. The first kappa shape index (κ1) is 21.8. The van der Waals surface area contributed by atoms with Crippen LogP contribution >= 0.6 is 23.2 Å². The minimum Gasteiger partial charge on any atom is -0.274 e. The number of hydrogen-bond acceptors (Lipinski definition) is 4. The third-order valence-electron chi connectivity index (χ3n) is 6.64. The summed E-state index contributed by atoms with van der Waals surface area (Å²) in [6.45, 7) is 0.121. The molecular weight excluding hydrogens is 487 g/mol. The topological polar surface area (TPSA) is 74.8 Å². The van der Waals surface area contributed by atoms with Gasteiger partial charge in [0.05, 0.1) is 0 Å². The average Bonchev–Trinajstić information content (AvgIpc) is 2.86. The van der Waals surface area contributed by atoms with Crippen molar-refractivity contribution in [1.29, 1.82) is 0 Å². The van der Waals surface area contributed by atoms with Crippen LogP contribution in [-0.2, 0) is 0 Å². The van der Waals surface area contributed by atoms with E-state index in [1.807, 2.05) is 0 Å². The fraction of sp³-hybridized carbons (Fsp3) is 0.111. The monoisotopic (exact) mass is 502 g/mol. The second kappa shape index (κ2) is 7.90. The molecule has 2 aliphatic heterocycles. The molecule has 0 N–H and O–H groups in total. The van der Waals surface area contributed by atoms with Gasteiger partial charge in [-0.15, -0.1) is 0 Å². The molecule has 4 aromatic carbocycles. The lowest BCUT2D eigenvalue weighted by atomic mass is 9.93. The van der Waals surface area contributed by atoms with Gasteiger partial charge in [-0.1, -0.05) is 47.5 Å². The first-order valence-corrected chi connectivity index (χ1v) is 11.8. The largest absolute Gasteiger partial charge is 0.274 e. The molecule has 0 fully saturated rings. The highest BCUT2D eigenvalue weighted by atomic mass is 35.5. The maximum atomic E-state index is 13.2. The Morgan fingerprint density at radius 1 is 0.514 bits per heavy atom. The number of imide groups is 2. The van der Waals surface area contributed by atoms with Crippen molar-refractivity contribution >= 4 is 68.4 Å². The number of rotatable bonds is 4. The SMILES string of the molecule is O=C1c2cccc3c(Cl)ccc(c23)C(=O)N1CCCN1C(=O)c2cccc3c(Cl)ccc(c23)C1=O. The van der Waals surface area contributed by atoms with Gasteiger partial charge in [0.15, 0.2) is 0 Å². The van der Waals surface area contributed by atoms with Crippen molar-refractivity contribution < 1.29 is 19.2 Å². The van der Waals surface area contributed by atoms with Crippen LogP contribution in [0, 0.1) is 0 Å². The summed E-state index contributed by atoms with van der Waals surface area (Å²) in [6.07, 6.45) is 0.243. The Bertz CT molecular complexity index is 1480. The molecule has 6 rings (SSSR count). The molecule has 0 aromatic heterocycles. The average molecular weight is 503 g/mol. The van der Waals surface area contributed by atoms with E-state index < -0.39 is 23.6 Å². The van der Waals surface area contributed by atoms with Crippen LogP contribution in [0.2, 0.25) is 10.0 Å². The highest BCUT2D eigenvalue weighted by Crippen LogP contribution is 2.35. The lowest BCUT2D eigenvalue weighted by molar-refractivity contribution is 0.0582. The van der Waals surface area contributed by atoms with Crippen molar-refractivity contribution in [3.63, 3.8) is 0 Å². The van der Waals surface area contributed by atoms with Crippen LogP contribution < -0.4 is 0 Å². The fourth-order valence-electron chi connectivity index (χ4n) is 5.01. The molecule has 6 nitrogen and oxygen atoms in total. The molecule has 0 atom stereocenters. The fourth-order valence-corrected chi connectivity index (χ4v) is 5.46. The molecule has 172 valence electrons. The van der Waals surface area contributed by atoms with E-state index in [-0.39, 0.29) is 19.5 Å². The summed E-state index contributed by atoms with van der Waals surface area (Å²) in [5, 5.41) is 3.35. The van der Waals surface area contributed by atoms with Gasteiger partial charge in [0, 0.05) is 66.9 Å². The van der Waals surface area contributed by atoms with Gasteiger partial charge in [-0.05, 0) is 42.8 Å². The van der Waals surface area contributed by atoms with Crippen molar-refractivity contribution in [2.45, 2.75) is 6.42 Å². The zero-order valence-corrected chi connectivity index (χ0v) is 19.7. The molecule has 4 amide bonds. The maximum absolute atomic E-state index is 13.2. The molecule has 0 radical (unpaired) electrons. The van der Waals surface area contributed by atoms with E-state index in [1.54, 1.807) is 60.7 Å². The smallest absolute Gasteiger partial charge is 0.261 e. The standard InChI is InChI=1S/C27H16Cl2N2O4/c28-20-10-8-18-22-14(20)4-1-6-16(22)24(32)30(26(18)34)12-3-13-31-25(33)17-7-2-5-15-21(29)11-9-19(23(15)17)27(31)35/h1-2,4-11H,3,12-13H2. The molecule has 2 heterocycles. The first-order chi connectivity index (χ1) is 16.9. The van der Waals surface area contributed by atoms with E-state index in [4.69, 9.17) is 23.2 Å². The van der Waals surface area contributed by atoms with Crippen LogP contribution in [0.1, 0.15) is 47.9 Å². The van der Waals surface area contributed by atoms with Gasteiger partial charge in [-0.3, -0.25) is 29.0 Å². The highest BCUT2D eigenvalue weighted by Gasteiger charge is 2.35. The van der Waals surface area contributed by atoms with Crippen LogP contribution in [0.15, 0.2) is 60.7 Å². The van der Waals surface area contributed by atoms with Gasteiger partial charge in [-0.2, -0.15) is 0 Å². The Morgan fingerprint density at radius 3 is 1.29 bits per heavy atom. The van der Waals surface area contributed by atoms with Crippen molar-refractivity contribution in [2.24, 2.45) is 0 Å². The highest BCUT2D eigenvalue weighted by molar-refractivity contribution is 6.38. The molecule has 8 heteroatoms. The number of carbonyl (C=O) groups excluding carboxylic acids is 4. The van der Waals surface area contributed by atoms with Crippen molar-refractivity contribution in [3.05, 3.63) is 93.0 Å². The van der Waals surface area contributed by atoms with Gasteiger partial charge in [0.1, 0.15) is 0 Å². The van der Waals surface area contributed by atoms with Crippen molar-refractivity contribution in [3.8, 4) is 0 Å². The summed E-state index contributed by atoms with van der Waals surface area (Å²) in [5.41, 5.74) is 1.62. The second-order valence-corrected chi connectivity index (χ2v) is 9.34. The number of amides is 4. The Kier molecular flexibility index (Phi) is 4.91. The summed E-state index contributed by atoms with van der Waals surface area (Å²) in [6, 6.07) is 16.9. The molecule has 35 heavy (non-hydrogen) atoms. The third kappa shape index (κ3) is 3.10. The molecule has 0 unspecified atom stereocenters. The summed E-state index contributed by atoms with van der Waals surface area (Å²) in [5.74, 6) is -1.68. The van der Waals surface area contributed by atoms with Crippen LogP contribution in [0.3, 0.4) is 0 Å². The molecule has 0 bridgehead atoms. The lowest BCUT2D eigenvalue weighted by Crippen LogP contribution is -2.44. The Balaban J connectivity index is 1.26. The van der Waals surface area contributed by atoms with Gasteiger partial charge in [0.25, 0.3) is 23.6 Å². The third-order valence-corrected chi connectivity index (χ3v) is 7.30. The molecule has 4 aromatic rings. The van der Waals surface area contributed by atoms with Crippen LogP contribution in [0.4, 0.5) is 0 Å². The molecule has 0 spiro atoms. The summed E-state index contributed by atoms with van der Waals surface area (Å²) in [7, 11) is 0. The van der Waals surface area contributed by atoms with Crippen LogP contribution in [0.5, 0.6) is 0 Å². The van der Waals surface area contributed by atoms with E-state index in [9.17, 15) is 19.2 Å². The predicted octanol–water partition coefficient (Wildman–Crippen LogP) is 5.58. The Morgan fingerprint density at radius 2 is 0.886 bits per heavy atom. The van der Waals surface area contributed by atoms with E-state index in [2.05, 4.69) is 0 Å². The zero-order chi connectivity index (χ0) is 24.4. The van der Waals surface area contributed by atoms with Gasteiger partial charge >= 0.3 is 0 Å². The molecule has 0 saturated heterocycles. The Hall–Kier alpha value is -3.74. The molecule has 0 aliphatic carbocycles. The predicted molar refractivity (Wildman–Crippen MR) is 133 cm³/mol. The van der Waals surface area contributed by atoms with Crippen LogP contribution in [-0.4, -0.2) is 46.5 Å². The number of carbonyl (C=O) groups is 4. The zero-order valence-electron chi connectivity index (χ0n) is 18.2. The summed E-state index contributed by atoms with van der Waals surface area (Å²) < 4.78 is 0. The van der Waals surface area contributed by atoms with E-state index in [1.165, 1.54) is 9.80 Å². The quantitative estimate of drug-likeness (QED) is 0.341. The van der Waals surface area contributed by atoms with Crippen LogP contribution in [0.25, 0.3) is 21.5 Å². The molecule has 0 saturated carbocycles. The number of benzene rings is 4. The van der Waals surface area contributed by atoms with Gasteiger partial charge in [0.2, 0.25) is 0 Å². The van der Waals surface area contributed by atoms with E-state index in [0.29, 0.717) is 53.8 Å². The van der Waals surface area contributed by atoms with E-state index in [0.717, 1.165) is 0 Å². The minimum atomic E-state index is -0.420. The maximum Gasteiger partial charge on any atom is 0.261 e. The number of hydrogen-bond donors (Lipinski definition) is 0. The normalized spacial score (nSPS) is 15.0. The minimum absolute atomic E-state index is 0.0604. The first-order valence-electron chi connectivity index (χ1n) is 11.0. The van der Waals surface area contributed by atoms with Gasteiger partial charge in [-0.25, -0.2) is 0 Å². The molecular formula is C27H16Cl2N2O4. The van der Waals surface area contributed by atoms with E-state index >= 15 is 0 Å². The second-order valence-electron chi connectivity index (χ2n) is 8.52. The summed E-state index contributed by atoms with van der Waals surface area (Å²) in [4.78, 5) is 55.0. The lowest BCUT2D eigenvalue weighted by Gasteiger charge is -2.30. The van der Waals surface area contributed by atoms with Crippen molar-refractivity contribution in [2.75, 3.05) is 13.1 Å². The Labute approximate surface area is 209 Å². The number of halogens is 2.